The first kappa shape index (κ1) is 16.2. The fraction of sp³-hybridized carbons (Fsp3) is 0.500. The maximum absolute atomic E-state index is 11.9. The molecule has 0 saturated heterocycles. The SMILES string of the molecule is CCCC(CCN)CCC(=O)Nc1ccc(C#N)cc1. The molecular weight excluding hydrogens is 250 g/mol. The second-order valence-corrected chi connectivity index (χ2v) is 5.01. The number of hydrogen-bond donors (Lipinski definition) is 2. The number of nitriles is 1. The van der Waals surface area contributed by atoms with Gasteiger partial charge in [0.1, 0.15) is 0 Å². The van der Waals surface area contributed by atoms with Crippen LogP contribution in [0.5, 0.6) is 0 Å². The van der Waals surface area contributed by atoms with Crippen molar-refractivity contribution in [3.05, 3.63) is 29.8 Å². The zero-order valence-corrected chi connectivity index (χ0v) is 12.1. The van der Waals surface area contributed by atoms with Gasteiger partial charge >= 0.3 is 0 Å². The van der Waals surface area contributed by atoms with Crippen LogP contribution in [0.25, 0.3) is 0 Å². The van der Waals surface area contributed by atoms with Gasteiger partial charge in [0.15, 0.2) is 0 Å². The Kier molecular flexibility index (Phi) is 7.38. The van der Waals surface area contributed by atoms with Crippen LogP contribution in [-0.4, -0.2) is 12.5 Å². The smallest absolute Gasteiger partial charge is 0.224 e. The molecule has 108 valence electrons. The Labute approximate surface area is 121 Å². The lowest BCUT2D eigenvalue weighted by atomic mass is 9.94. The quantitative estimate of drug-likeness (QED) is 0.764. The lowest BCUT2D eigenvalue weighted by molar-refractivity contribution is -0.116. The summed E-state index contributed by atoms with van der Waals surface area (Å²) in [7, 11) is 0. The lowest BCUT2D eigenvalue weighted by Crippen LogP contribution is -2.15. The minimum Gasteiger partial charge on any atom is -0.330 e. The summed E-state index contributed by atoms with van der Waals surface area (Å²) in [5.74, 6) is 0.560. The highest BCUT2D eigenvalue weighted by molar-refractivity contribution is 5.90. The molecule has 1 unspecified atom stereocenters. The minimum absolute atomic E-state index is 0.0211. The third-order valence-corrected chi connectivity index (χ3v) is 3.35. The van der Waals surface area contributed by atoms with E-state index >= 15 is 0 Å². The van der Waals surface area contributed by atoms with Gasteiger partial charge in [-0.15, -0.1) is 0 Å². The molecule has 0 aliphatic heterocycles. The van der Waals surface area contributed by atoms with Gasteiger partial charge in [0.2, 0.25) is 5.91 Å². The zero-order valence-electron chi connectivity index (χ0n) is 12.1. The van der Waals surface area contributed by atoms with E-state index in [4.69, 9.17) is 11.0 Å². The van der Waals surface area contributed by atoms with Gasteiger partial charge in [-0.3, -0.25) is 4.79 Å². The average molecular weight is 273 g/mol. The largest absolute Gasteiger partial charge is 0.330 e. The molecule has 1 amide bonds. The molecule has 20 heavy (non-hydrogen) atoms. The van der Waals surface area contributed by atoms with Crippen molar-refractivity contribution in [2.75, 3.05) is 11.9 Å². The fourth-order valence-corrected chi connectivity index (χ4v) is 2.26. The molecular formula is C16H23N3O. The Morgan fingerprint density at radius 3 is 2.55 bits per heavy atom. The summed E-state index contributed by atoms with van der Waals surface area (Å²) >= 11 is 0. The van der Waals surface area contributed by atoms with Crippen LogP contribution < -0.4 is 11.1 Å². The molecule has 0 saturated carbocycles. The minimum atomic E-state index is 0.0211. The average Bonchev–Trinajstić information content (AvgIpc) is 2.46. The molecule has 3 N–H and O–H groups in total. The standard InChI is InChI=1S/C16H23N3O/c1-2-3-13(10-11-17)6-9-16(20)19-15-7-4-14(12-18)5-8-15/h4-5,7-8,13H,2-3,6,9-11,17H2,1H3,(H,19,20). The van der Waals surface area contributed by atoms with Gasteiger partial charge in [0.05, 0.1) is 11.6 Å². The maximum Gasteiger partial charge on any atom is 0.224 e. The number of benzene rings is 1. The summed E-state index contributed by atoms with van der Waals surface area (Å²) < 4.78 is 0. The zero-order chi connectivity index (χ0) is 14.8. The summed E-state index contributed by atoms with van der Waals surface area (Å²) in [6.45, 7) is 2.84. The van der Waals surface area contributed by atoms with E-state index in [1.807, 2.05) is 0 Å². The van der Waals surface area contributed by atoms with Gasteiger partial charge < -0.3 is 11.1 Å². The molecule has 1 aromatic rings. The highest BCUT2D eigenvalue weighted by atomic mass is 16.1. The monoisotopic (exact) mass is 273 g/mol. The third kappa shape index (κ3) is 5.85. The first-order valence-electron chi connectivity index (χ1n) is 7.19. The summed E-state index contributed by atoms with van der Waals surface area (Å²) in [4.78, 5) is 11.9. The van der Waals surface area contributed by atoms with E-state index in [-0.39, 0.29) is 5.91 Å². The van der Waals surface area contributed by atoms with E-state index in [0.717, 1.165) is 31.4 Å². The molecule has 0 fully saturated rings. The van der Waals surface area contributed by atoms with Gasteiger partial charge in [0.25, 0.3) is 0 Å². The van der Waals surface area contributed by atoms with Gasteiger partial charge in [-0.2, -0.15) is 5.26 Å². The topological polar surface area (TPSA) is 78.9 Å². The molecule has 4 nitrogen and oxygen atoms in total. The Morgan fingerprint density at radius 2 is 2.00 bits per heavy atom. The number of nitrogens with two attached hydrogens (primary N) is 1. The lowest BCUT2D eigenvalue weighted by Gasteiger charge is -2.14. The van der Waals surface area contributed by atoms with Crippen LogP contribution in [0.2, 0.25) is 0 Å². The summed E-state index contributed by atoms with van der Waals surface area (Å²) in [5, 5.41) is 11.6. The number of hydrogen-bond acceptors (Lipinski definition) is 3. The molecule has 0 aliphatic carbocycles. The van der Waals surface area contributed by atoms with Crippen molar-refractivity contribution in [2.45, 2.75) is 39.0 Å². The number of nitrogens with one attached hydrogen (secondary N) is 1. The summed E-state index contributed by atoms with van der Waals surface area (Å²) in [6, 6.07) is 8.95. The van der Waals surface area contributed by atoms with E-state index in [9.17, 15) is 4.79 Å². The molecule has 0 aliphatic rings. The predicted octanol–water partition coefficient (Wildman–Crippen LogP) is 3.04. The highest BCUT2D eigenvalue weighted by Crippen LogP contribution is 2.17. The van der Waals surface area contributed by atoms with Crippen molar-refractivity contribution in [1.82, 2.24) is 0 Å². The number of anilines is 1. The Morgan fingerprint density at radius 1 is 1.30 bits per heavy atom. The van der Waals surface area contributed by atoms with Crippen molar-refractivity contribution in [3.63, 3.8) is 0 Å². The molecule has 1 aromatic carbocycles. The van der Waals surface area contributed by atoms with Crippen molar-refractivity contribution >= 4 is 11.6 Å². The van der Waals surface area contributed by atoms with Crippen LogP contribution in [0.3, 0.4) is 0 Å². The van der Waals surface area contributed by atoms with Crippen molar-refractivity contribution in [1.29, 1.82) is 5.26 Å². The first-order chi connectivity index (χ1) is 9.69. The Bertz CT molecular complexity index is 442. The Balaban J connectivity index is 2.40. The van der Waals surface area contributed by atoms with E-state index in [1.54, 1.807) is 24.3 Å². The van der Waals surface area contributed by atoms with E-state index in [1.165, 1.54) is 0 Å². The van der Waals surface area contributed by atoms with Gasteiger partial charge in [0, 0.05) is 12.1 Å². The van der Waals surface area contributed by atoms with Crippen LogP contribution >= 0.6 is 0 Å². The van der Waals surface area contributed by atoms with E-state index in [2.05, 4.69) is 18.3 Å². The highest BCUT2D eigenvalue weighted by Gasteiger charge is 2.10. The summed E-state index contributed by atoms with van der Waals surface area (Å²) in [5.41, 5.74) is 6.92. The number of amides is 1. The van der Waals surface area contributed by atoms with Crippen molar-refractivity contribution in [2.24, 2.45) is 11.7 Å². The van der Waals surface area contributed by atoms with Crippen LogP contribution in [0.15, 0.2) is 24.3 Å². The number of nitrogens with zero attached hydrogens (tertiary/aromatic N) is 1. The second-order valence-electron chi connectivity index (χ2n) is 5.01. The van der Waals surface area contributed by atoms with Crippen molar-refractivity contribution < 1.29 is 4.79 Å². The van der Waals surface area contributed by atoms with Gasteiger partial charge in [-0.1, -0.05) is 19.8 Å². The van der Waals surface area contributed by atoms with Gasteiger partial charge in [-0.05, 0) is 49.6 Å². The molecule has 0 spiro atoms. The van der Waals surface area contributed by atoms with E-state index < -0.39 is 0 Å². The first-order valence-corrected chi connectivity index (χ1v) is 7.19. The Hall–Kier alpha value is -1.86. The second kappa shape index (κ2) is 9.11. The number of carbonyl (C=O) groups is 1. The van der Waals surface area contributed by atoms with Crippen LogP contribution in [0.4, 0.5) is 5.69 Å². The predicted molar refractivity (Wildman–Crippen MR) is 81.1 cm³/mol. The van der Waals surface area contributed by atoms with E-state index in [0.29, 0.717) is 24.4 Å². The molecule has 0 aromatic heterocycles. The molecule has 4 heteroatoms. The summed E-state index contributed by atoms with van der Waals surface area (Å²) in [6.07, 6.45) is 4.64. The van der Waals surface area contributed by atoms with Crippen LogP contribution in [0, 0.1) is 17.2 Å². The normalized spacial score (nSPS) is 11.7. The molecule has 0 heterocycles. The molecule has 0 bridgehead atoms. The van der Waals surface area contributed by atoms with Crippen LogP contribution in [0.1, 0.15) is 44.6 Å². The third-order valence-electron chi connectivity index (χ3n) is 3.35. The molecule has 0 radical (unpaired) electrons. The molecule has 1 rings (SSSR count). The molecule has 1 atom stereocenters. The van der Waals surface area contributed by atoms with Crippen molar-refractivity contribution in [3.8, 4) is 6.07 Å². The fourth-order valence-electron chi connectivity index (χ4n) is 2.26. The van der Waals surface area contributed by atoms with Gasteiger partial charge in [-0.25, -0.2) is 0 Å². The maximum atomic E-state index is 11.9. The van der Waals surface area contributed by atoms with Crippen LogP contribution in [-0.2, 0) is 4.79 Å². The number of carbonyl (C=O) groups excluding carboxylic acids is 1. The number of rotatable bonds is 8.